The molecule has 0 bridgehead atoms. The van der Waals surface area contributed by atoms with Crippen molar-refractivity contribution in [3.63, 3.8) is 0 Å². The molecular formula is C12H14BrNO2. The van der Waals surface area contributed by atoms with Crippen LogP contribution in [0.4, 0.5) is 5.69 Å². The predicted molar refractivity (Wildman–Crippen MR) is 69.2 cm³/mol. The van der Waals surface area contributed by atoms with E-state index in [1.165, 1.54) is 0 Å². The van der Waals surface area contributed by atoms with Crippen molar-refractivity contribution in [1.29, 1.82) is 0 Å². The van der Waals surface area contributed by atoms with Crippen molar-refractivity contribution in [2.75, 3.05) is 18.5 Å². The van der Waals surface area contributed by atoms with E-state index >= 15 is 0 Å². The van der Waals surface area contributed by atoms with Crippen LogP contribution < -0.4 is 4.90 Å². The van der Waals surface area contributed by atoms with Gasteiger partial charge in [0.15, 0.2) is 0 Å². The number of anilines is 1. The molecule has 1 aromatic carbocycles. The van der Waals surface area contributed by atoms with E-state index in [0.29, 0.717) is 4.47 Å². The van der Waals surface area contributed by atoms with Crippen LogP contribution in [0.25, 0.3) is 0 Å². The first-order valence-corrected chi connectivity index (χ1v) is 5.59. The Morgan fingerprint density at radius 3 is 2.62 bits per heavy atom. The quantitative estimate of drug-likeness (QED) is 0.863. The topological polar surface area (TPSA) is 40.5 Å². The molecule has 0 atom stereocenters. The van der Waals surface area contributed by atoms with Crippen molar-refractivity contribution < 1.29 is 9.90 Å². The lowest BCUT2D eigenvalue weighted by atomic mass is 10.2. The zero-order chi connectivity index (χ0) is 12.3. The van der Waals surface area contributed by atoms with Crippen LogP contribution >= 0.6 is 15.9 Å². The number of hydrogen-bond donors (Lipinski definition) is 1. The summed E-state index contributed by atoms with van der Waals surface area (Å²) in [5.74, 6) is -0.930. The maximum absolute atomic E-state index is 10.8. The summed E-state index contributed by atoms with van der Waals surface area (Å²) in [4.78, 5) is 12.8. The number of halogens is 1. The average Bonchev–Trinajstić information content (AvgIpc) is 2.15. The molecule has 0 aliphatic rings. The molecular weight excluding hydrogens is 270 g/mol. The maximum Gasteiger partial charge on any atom is 0.336 e. The Balaban J connectivity index is 2.96. The highest BCUT2D eigenvalue weighted by Crippen LogP contribution is 2.23. The lowest BCUT2D eigenvalue weighted by Gasteiger charge is -2.19. The smallest absolute Gasteiger partial charge is 0.336 e. The van der Waals surface area contributed by atoms with Gasteiger partial charge in [-0.2, -0.15) is 0 Å². The highest BCUT2D eigenvalue weighted by molar-refractivity contribution is 9.10. The van der Waals surface area contributed by atoms with E-state index in [2.05, 4.69) is 22.5 Å². The Morgan fingerprint density at radius 1 is 1.56 bits per heavy atom. The first kappa shape index (κ1) is 12.8. The number of carboxylic acids is 1. The number of nitrogens with zero attached hydrogens (tertiary/aromatic N) is 1. The maximum atomic E-state index is 10.8. The molecule has 0 radical (unpaired) electrons. The van der Waals surface area contributed by atoms with Gasteiger partial charge in [-0.15, -0.1) is 0 Å². The molecule has 3 nitrogen and oxygen atoms in total. The highest BCUT2D eigenvalue weighted by atomic mass is 79.9. The fraction of sp³-hybridized carbons (Fsp3) is 0.250. The van der Waals surface area contributed by atoms with E-state index < -0.39 is 5.97 Å². The second kappa shape index (κ2) is 5.16. The van der Waals surface area contributed by atoms with Crippen molar-refractivity contribution in [3.05, 3.63) is 40.4 Å². The fourth-order valence-corrected chi connectivity index (χ4v) is 1.95. The Labute approximate surface area is 104 Å². The molecule has 16 heavy (non-hydrogen) atoms. The molecule has 0 aromatic heterocycles. The van der Waals surface area contributed by atoms with Gasteiger partial charge >= 0.3 is 5.97 Å². The third kappa shape index (κ3) is 3.10. The molecule has 0 heterocycles. The Kier molecular flexibility index (Phi) is 4.12. The van der Waals surface area contributed by atoms with Crippen LogP contribution in [0, 0.1) is 0 Å². The van der Waals surface area contributed by atoms with Crippen LogP contribution in [0.1, 0.15) is 17.3 Å². The summed E-state index contributed by atoms with van der Waals surface area (Å²) in [6, 6.07) is 5.18. The summed E-state index contributed by atoms with van der Waals surface area (Å²) in [6.07, 6.45) is 0. The van der Waals surface area contributed by atoms with E-state index in [9.17, 15) is 4.79 Å². The van der Waals surface area contributed by atoms with Gasteiger partial charge in [-0.1, -0.05) is 12.2 Å². The van der Waals surface area contributed by atoms with Gasteiger partial charge in [0.25, 0.3) is 0 Å². The third-order valence-electron chi connectivity index (χ3n) is 2.13. The average molecular weight is 284 g/mol. The largest absolute Gasteiger partial charge is 0.478 e. The molecule has 0 fully saturated rings. The first-order chi connectivity index (χ1) is 7.41. The van der Waals surface area contributed by atoms with E-state index in [-0.39, 0.29) is 5.56 Å². The highest BCUT2D eigenvalue weighted by Gasteiger charge is 2.10. The van der Waals surface area contributed by atoms with Gasteiger partial charge in [0.1, 0.15) is 0 Å². The zero-order valence-corrected chi connectivity index (χ0v) is 10.9. The van der Waals surface area contributed by atoms with E-state index in [1.54, 1.807) is 18.2 Å². The number of benzene rings is 1. The normalized spacial score (nSPS) is 9.94. The molecule has 0 spiro atoms. The second-order valence-electron chi connectivity index (χ2n) is 3.78. The van der Waals surface area contributed by atoms with Gasteiger partial charge in [0.05, 0.1) is 5.56 Å². The van der Waals surface area contributed by atoms with Crippen molar-refractivity contribution in [2.24, 2.45) is 0 Å². The van der Waals surface area contributed by atoms with Crippen LogP contribution in [0.15, 0.2) is 34.8 Å². The van der Waals surface area contributed by atoms with E-state index in [4.69, 9.17) is 5.11 Å². The number of aromatic carboxylic acids is 1. The molecule has 0 amide bonds. The number of rotatable bonds is 4. The molecule has 0 unspecified atom stereocenters. The first-order valence-electron chi connectivity index (χ1n) is 4.80. The summed E-state index contributed by atoms with van der Waals surface area (Å²) in [5, 5.41) is 8.88. The molecule has 0 aliphatic carbocycles. The van der Waals surface area contributed by atoms with Gasteiger partial charge in [-0.05, 0) is 41.1 Å². The summed E-state index contributed by atoms with van der Waals surface area (Å²) in [7, 11) is 1.94. The number of carboxylic acid groups (broad SMARTS) is 1. The summed E-state index contributed by atoms with van der Waals surface area (Å²) >= 11 is 3.25. The molecule has 0 aliphatic heterocycles. The van der Waals surface area contributed by atoms with Crippen LogP contribution in [0.2, 0.25) is 0 Å². The van der Waals surface area contributed by atoms with E-state index in [1.807, 2.05) is 18.9 Å². The van der Waals surface area contributed by atoms with Gasteiger partial charge in [-0.25, -0.2) is 4.79 Å². The summed E-state index contributed by atoms with van der Waals surface area (Å²) in [5.41, 5.74) is 2.29. The second-order valence-corrected chi connectivity index (χ2v) is 4.64. The lowest BCUT2D eigenvalue weighted by Crippen LogP contribution is -2.19. The third-order valence-corrected chi connectivity index (χ3v) is 2.79. The van der Waals surface area contributed by atoms with E-state index in [0.717, 1.165) is 17.8 Å². The van der Waals surface area contributed by atoms with Crippen molar-refractivity contribution in [2.45, 2.75) is 6.92 Å². The molecule has 86 valence electrons. The van der Waals surface area contributed by atoms with Crippen LogP contribution in [-0.2, 0) is 0 Å². The number of hydrogen-bond acceptors (Lipinski definition) is 2. The Bertz CT molecular complexity index is 429. The molecule has 1 aromatic rings. The number of carbonyl (C=O) groups is 1. The standard InChI is InChI=1S/C12H14BrNO2/c1-8(2)7-14(3)9-4-5-10(12(15)16)11(13)6-9/h4-6H,1,7H2,2-3H3,(H,15,16). The van der Waals surface area contributed by atoms with Crippen LogP contribution in [-0.4, -0.2) is 24.7 Å². The monoisotopic (exact) mass is 283 g/mol. The predicted octanol–water partition coefficient (Wildman–Crippen LogP) is 3.16. The minimum absolute atomic E-state index is 0.271. The zero-order valence-electron chi connectivity index (χ0n) is 9.33. The van der Waals surface area contributed by atoms with Crippen molar-refractivity contribution >= 4 is 27.6 Å². The van der Waals surface area contributed by atoms with Gasteiger partial charge in [0, 0.05) is 23.8 Å². The number of likely N-dealkylation sites (N-methyl/N-ethyl adjacent to an activating group) is 1. The SMILES string of the molecule is C=C(C)CN(C)c1ccc(C(=O)O)c(Br)c1. The van der Waals surface area contributed by atoms with Gasteiger partial charge in [-0.3, -0.25) is 0 Å². The van der Waals surface area contributed by atoms with Crippen molar-refractivity contribution in [1.82, 2.24) is 0 Å². The fourth-order valence-electron chi connectivity index (χ4n) is 1.41. The van der Waals surface area contributed by atoms with Crippen LogP contribution in [0.5, 0.6) is 0 Å². The minimum Gasteiger partial charge on any atom is -0.478 e. The summed E-state index contributed by atoms with van der Waals surface area (Å²) in [6.45, 7) is 6.55. The van der Waals surface area contributed by atoms with Gasteiger partial charge in [0.2, 0.25) is 0 Å². The molecule has 4 heteroatoms. The Hall–Kier alpha value is -1.29. The molecule has 1 rings (SSSR count). The lowest BCUT2D eigenvalue weighted by molar-refractivity contribution is 0.0696. The van der Waals surface area contributed by atoms with Gasteiger partial charge < -0.3 is 10.0 Å². The Morgan fingerprint density at radius 2 is 2.19 bits per heavy atom. The molecule has 0 saturated heterocycles. The molecule has 0 saturated carbocycles. The summed E-state index contributed by atoms with van der Waals surface area (Å²) < 4.78 is 0.589. The van der Waals surface area contributed by atoms with Crippen LogP contribution in [0.3, 0.4) is 0 Å². The molecule has 1 N–H and O–H groups in total. The van der Waals surface area contributed by atoms with Crippen molar-refractivity contribution in [3.8, 4) is 0 Å². The minimum atomic E-state index is -0.930.